The van der Waals surface area contributed by atoms with Gasteiger partial charge in [-0.3, -0.25) is 4.98 Å². The third-order valence-electron chi connectivity index (χ3n) is 4.25. The summed E-state index contributed by atoms with van der Waals surface area (Å²) in [7, 11) is 3.10. The van der Waals surface area contributed by atoms with E-state index in [0.717, 1.165) is 5.56 Å². The van der Waals surface area contributed by atoms with Crippen LogP contribution in [0.1, 0.15) is 0 Å². The Kier molecular flexibility index (Phi) is 4.72. The van der Waals surface area contributed by atoms with Crippen LogP contribution in [0.15, 0.2) is 61.3 Å². The van der Waals surface area contributed by atoms with Crippen LogP contribution in [-0.2, 0) is 0 Å². The number of ether oxygens (including phenoxy) is 3. The number of methoxy groups -OCH3 is 2. The number of rotatable bonds is 5. The van der Waals surface area contributed by atoms with Crippen LogP contribution in [0.25, 0.3) is 22.0 Å². The van der Waals surface area contributed by atoms with Gasteiger partial charge in [-0.25, -0.2) is 14.4 Å². The number of benzene rings is 2. The highest BCUT2D eigenvalue weighted by atomic mass is 19.1. The van der Waals surface area contributed by atoms with Gasteiger partial charge in [-0.1, -0.05) is 6.07 Å². The summed E-state index contributed by atoms with van der Waals surface area (Å²) < 4.78 is 31.1. The molecular formula is C21H16FN3O3. The summed E-state index contributed by atoms with van der Waals surface area (Å²) in [5.74, 6) is 1.16. The van der Waals surface area contributed by atoms with Crippen molar-refractivity contribution in [3.05, 3.63) is 67.1 Å². The summed E-state index contributed by atoms with van der Waals surface area (Å²) in [6.07, 6.45) is 6.27. The highest BCUT2D eigenvalue weighted by Crippen LogP contribution is 2.37. The van der Waals surface area contributed by atoms with Gasteiger partial charge in [0.25, 0.3) is 0 Å². The first kappa shape index (κ1) is 17.7. The molecule has 0 radical (unpaired) electrons. The molecule has 0 saturated carbocycles. The van der Waals surface area contributed by atoms with Crippen molar-refractivity contribution < 1.29 is 18.6 Å². The lowest BCUT2D eigenvalue weighted by Crippen LogP contribution is -1.94. The largest absolute Gasteiger partial charge is 0.493 e. The Balaban J connectivity index is 1.72. The second kappa shape index (κ2) is 7.48. The zero-order valence-corrected chi connectivity index (χ0v) is 15.2. The predicted octanol–water partition coefficient (Wildman–Crippen LogP) is 4.64. The molecule has 6 nitrogen and oxygen atoms in total. The Morgan fingerprint density at radius 1 is 0.786 bits per heavy atom. The van der Waals surface area contributed by atoms with Gasteiger partial charge in [0.05, 0.1) is 19.7 Å². The molecule has 140 valence electrons. The minimum absolute atomic E-state index is 0.0999. The Hall–Kier alpha value is -3.74. The summed E-state index contributed by atoms with van der Waals surface area (Å²) in [5.41, 5.74) is 2.03. The lowest BCUT2D eigenvalue weighted by atomic mass is 10.1. The Labute approximate surface area is 160 Å². The van der Waals surface area contributed by atoms with Crippen molar-refractivity contribution in [3.63, 3.8) is 0 Å². The maximum Gasteiger partial charge on any atom is 0.166 e. The van der Waals surface area contributed by atoms with Gasteiger partial charge in [0.1, 0.15) is 12.1 Å². The van der Waals surface area contributed by atoms with E-state index in [1.54, 1.807) is 63.1 Å². The van der Waals surface area contributed by atoms with E-state index in [1.165, 1.54) is 12.4 Å². The molecule has 0 aliphatic rings. The second-order valence-corrected chi connectivity index (χ2v) is 5.91. The number of halogens is 1. The molecule has 0 fully saturated rings. The molecule has 4 rings (SSSR count). The van der Waals surface area contributed by atoms with Gasteiger partial charge in [-0.05, 0) is 29.8 Å². The molecule has 0 unspecified atom stereocenters. The Bertz CT molecular complexity index is 1140. The van der Waals surface area contributed by atoms with E-state index in [2.05, 4.69) is 15.0 Å². The maximum atomic E-state index is 14.7. The molecule has 2 aromatic heterocycles. The van der Waals surface area contributed by atoms with Crippen molar-refractivity contribution in [2.45, 2.75) is 0 Å². The first-order chi connectivity index (χ1) is 13.7. The van der Waals surface area contributed by atoms with Crippen molar-refractivity contribution >= 4 is 10.9 Å². The van der Waals surface area contributed by atoms with Crippen LogP contribution in [0.2, 0.25) is 0 Å². The number of pyridine rings is 1. The van der Waals surface area contributed by atoms with Crippen LogP contribution in [0.3, 0.4) is 0 Å². The van der Waals surface area contributed by atoms with Crippen molar-refractivity contribution in [2.75, 3.05) is 14.2 Å². The topological polar surface area (TPSA) is 66.4 Å². The fourth-order valence-electron chi connectivity index (χ4n) is 2.87. The van der Waals surface area contributed by atoms with E-state index in [-0.39, 0.29) is 5.75 Å². The van der Waals surface area contributed by atoms with Crippen molar-refractivity contribution in [3.8, 4) is 34.1 Å². The molecule has 0 atom stereocenters. The number of fused-ring (bicyclic) bond motifs is 1. The minimum atomic E-state index is -0.494. The summed E-state index contributed by atoms with van der Waals surface area (Å²) in [5, 5.41) is 0.681. The summed E-state index contributed by atoms with van der Waals surface area (Å²) in [6, 6.07) is 9.89. The van der Waals surface area contributed by atoms with Crippen LogP contribution in [0, 0.1) is 5.82 Å². The van der Waals surface area contributed by atoms with Crippen molar-refractivity contribution in [1.29, 1.82) is 0 Å². The quantitative estimate of drug-likeness (QED) is 0.505. The highest BCUT2D eigenvalue weighted by Gasteiger charge is 2.13. The van der Waals surface area contributed by atoms with Gasteiger partial charge in [0.15, 0.2) is 23.1 Å². The monoisotopic (exact) mass is 377 g/mol. The maximum absolute atomic E-state index is 14.7. The third kappa shape index (κ3) is 3.29. The van der Waals surface area contributed by atoms with E-state index < -0.39 is 5.82 Å². The van der Waals surface area contributed by atoms with Gasteiger partial charge in [0.2, 0.25) is 0 Å². The SMILES string of the molecule is COc1cc2nccc(Oc3ccc(-c4cncnc4)cc3F)c2cc1OC. The first-order valence-corrected chi connectivity index (χ1v) is 8.43. The van der Waals surface area contributed by atoms with Crippen LogP contribution in [0.4, 0.5) is 4.39 Å². The zero-order valence-electron chi connectivity index (χ0n) is 15.2. The molecule has 7 heteroatoms. The van der Waals surface area contributed by atoms with Gasteiger partial charge in [-0.15, -0.1) is 0 Å². The molecule has 2 aromatic carbocycles. The van der Waals surface area contributed by atoms with E-state index in [0.29, 0.717) is 33.7 Å². The Morgan fingerprint density at radius 2 is 1.54 bits per heavy atom. The number of hydrogen-bond donors (Lipinski definition) is 0. The van der Waals surface area contributed by atoms with E-state index in [1.807, 2.05) is 0 Å². The van der Waals surface area contributed by atoms with E-state index >= 15 is 0 Å². The van der Waals surface area contributed by atoms with Gasteiger partial charge in [-0.2, -0.15) is 0 Å². The van der Waals surface area contributed by atoms with Gasteiger partial charge >= 0.3 is 0 Å². The van der Waals surface area contributed by atoms with Crippen molar-refractivity contribution in [2.24, 2.45) is 0 Å². The first-order valence-electron chi connectivity index (χ1n) is 8.43. The van der Waals surface area contributed by atoms with Gasteiger partial charge < -0.3 is 14.2 Å². The lowest BCUT2D eigenvalue weighted by molar-refractivity contribution is 0.355. The molecule has 28 heavy (non-hydrogen) atoms. The molecular weight excluding hydrogens is 361 g/mol. The molecule has 4 aromatic rings. The van der Waals surface area contributed by atoms with Crippen LogP contribution in [-0.4, -0.2) is 29.2 Å². The number of nitrogens with zero attached hydrogens (tertiary/aromatic N) is 3. The van der Waals surface area contributed by atoms with Crippen LogP contribution in [0.5, 0.6) is 23.0 Å². The second-order valence-electron chi connectivity index (χ2n) is 5.91. The zero-order chi connectivity index (χ0) is 19.5. The predicted molar refractivity (Wildman–Crippen MR) is 102 cm³/mol. The molecule has 0 saturated heterocycles. The summed E-state index contributed by atoms with van der Waals surface area (Å²) >= 11 is 0. The third-order valence-corrected chi connectivity index (χ3v) is 4.25. The molecule has 0 amide bonds. The fourth-order valence-corrected chi connectivity index (χ4v) is 2.87. The lowest BCUT2D eigenvalue weighted by Gasteiger charge is -2.13. The number of hydrogen-bond acceptors (Lipinski definition) is 6. The number of aromatic nitrogens is 3. The average Bonchev–Trinajstić information content (AvgIpc) is 2.75. The van der Waals surface area contributed by atoms with E-state index in [9.17, 15) is 4.39 Å². The molecule has 0 bridgehead atoms. The van der Waals surface area contributed by atoms with Gasteiger partial charge in [0, 0.05) is 35.6 Å². The summed E-state index contributed by atoms with van der Waals surface area (Å²) in [4.78, 5) is 12.2. The standard InChI is InChI=1S/C21H16FN3O3/c1-26-20-8-15-17(9-21(20)27-2)25-6-5-18(15)28-19-4-3-13(7-16(19)22)14-10-23-12-24-11-14/h3-12H,1-2H3. The summed E-state index contributed by atoms with van der Waals surface area (Å²) in [6.45, 7) is 0. The smallest absolute Gasteiger partial charge is 0.166 e. The molecule has 2 heterocycles. The normalized spacial score (nSPS) is 10.7. The molecule has 0 aliphatic heterocycles. The Morgan fingerprint density at radius 3 is 2.25 bits per heavy atom. The minimum Gasteiger partial charge on any atom is -0.493 e. The highest BCUT2D eigenvalue weighted by molar-refractivity contribution is 5.88. The van der Waals surface area contributed by atoms with E-state index in [4.69, 9.17) is 14.2 Å². The molecule has 0 N–H and O–H groups in total. The van der Waals surface area contributed by atoms with Crippen LogP contribution >= 0.6 is 0 Å². The van der Waals surface area contributed by atoms with Crippen molar-refractivity contribution in [1.82, 2.24) is 15.0 Å². The van der Waals surface area contributed by atoms with Crippen LogP contribution < -0.4 is 14.2 Å². The average molecular weight is 377 g/mol. The molecule has 0 aliphatic carbocycles. The fraction of sp³-hybridized carbons (Fsp3) is 0.0952. The molecule has 0 spiro atoms.